The third kappa shape index (κ3) is 7.03. The molecule has 0 radical (unpaired) electrons. The van der Waals surface area contributed by atoms with Gasteiger partial charge in [0.15, 0.2) is 0 Å². The molecule has 9 aromatic rings. The molecule has 0 aliphatic heterocycles. The largest absolute Gasteiger partial charge is 0.310 e. The van der Waals surface area contributed by atoms with E-state index in [1.54, 1.807) is 0 Å². The number of fused-ring (bicyclic) bond motifs is 2. The van der Waals surface area contributed by atoms with Gasteiger partial charge < -0.3 is 9.80 Å². The minimum absolute atomic E-state index is 0.653. The summed E-state index contributed by atoms with van der Waals surface area (Å²) in [4.78, 5) is 4.90. The van der Waals surface area contributed by atoms with Crippen molar-refractivity contribution in [2.75, 3.05) is 9.80 Å². The van der Waals surface area contributed by atoms with Gasteiger partial charge in [0.25, 0.3) is 0 Å². The Morgan fingerprint density at radius 3 is 1.57 bits per heavy atom. The van der Waals surface area contributed by atoms with Gasteiger partial charge in [-0.25, -0.2) is 0 Å². The highest BCUT2D eigenvalue weighted by molar-refractivity contribution is 6.04. The normalized spacial score (nSPS) is 13.1. The zero-order valence-corrected chi connectivity index (χ0v) is 32.7. The topological polar surface area (TPSA) is 6.48 Å². The van der Waals surface area contributed by atoms with Crippen LogP contribution >= 0.6 is 0 Å². The fourth-order valence-electron chi connectivity index (χ4n) is 9.06. The maximum absolute atomic E-state index is 2.48. The van der Waals surface area contributed by atoms with E-state index in [-0.39, 0.29) is 0 Å². The fraction of sp³-hybridized carbons (Fsp3) is 0.107. The van der Waals surface area contributed by atoms with E-state index >= 15 is 0 Å². The van der Waals surface area contributed by atoms with Crippen LogP contribution in [0.2, 0.25) is 0 Å². The standard InChI is InChI=1S/C56H46N2/c1-4-16-41(17-5-1)43-30-34-49(35-31-43)57(50-36-32-44(33-37-50)42-18-6-2-7-19-42)51-26-15-27-52(40-51)58(55-29-14-25-45-22-12-13-28-53(45)55)56-39-48-24-11-10-23-47(48)38-54(56)46-20-8-3-9-21-46/h1,3-5,8-17,20-40,42H,2,6-7,18-19H2. The van der Waals surface area contributed by atoms with Gasteiger partial charge in [0.1, 0.15) is 0 Å². The summed E-state index contributed by atoms with van der Waals surface area (Å²) in [5.41, 5.74) is 13.0. The van der Waals surface area contributed by atoms with Crippen molar-refractivity contribution < 1.29 is 0 Å². The van der Waals surface area contributed by atoms with Gasteiger partial charge in [0.2, 0.25) is 0 Å². The van der Waals surface area contributed by atoms with E-state index in [2.05, 4.69) is 222 Å². The van der Waals surface area contributed by atoms with Crippen LogP contribution in [0.5, 0.6) is 0 Å². The highest BCUT2D eigenvalue weighted by atomic mass is 15.2. The molecule has 2 nitrogen and oxygen atoms in total. The molecule has 1 aliphatic carbocycles. The predicted octanol–water partition coefficient (Wildman–Crippen LogP) is 16.3. The van der Waals surface area contributed by atoms with Crippen molar-refractivity contribution in [3.05, 3.63) is 218 Å². The molecule has 0 heterocycles. The summed E-state index contributed by atoms with van der Waals surface area (Å²) >= 11 is 0. The first-order chi connectivity index (χ1) is 28.8. The van der Waals surface area contributed by atoms with E-state index in [1.165, 1.54) is 81.5 Å². The molecule has 0 spiro atoms. The van der Waals surface area contributed by atoms with E-state index in [9.17, 15) is 0 Å². The van der Waals surface area contributed by atoms with Gasteiger partial charge in [-0.3, -0.25) is 0 Å². The van der Waals surface area contributed by atoms with Crippen molar-refractivity contribution in [3.63, 3.8) is 0 Å². The molecule has 0 N–H and O–H groups in total. The van der Waals surface area contributed by atoms with Gasteiger partial charge >= 0.3 is 0 Å². The second-order valence-corrected chi connectivity index (χ2v) is 15.6. The van der Waals surface area contributed by atoms with Gasteiger partial charge in [0.05, 0.1) is 11.4 Å². The van der Waals surface area contributed by atoms with E-state index < -0.39 is 0 Å². The zero-order chi connectivity index (χ0) is 38.7. The van der Waals surface area contributed by atoms with Crippen molar-refractivity contribution >= 4 is 55.7 Å². The summed E-state index contributed by atoms with van der Waals surface area (Å²) in [6.07, 6.45) is 6.59. The quantitative estimate of drug-likeness (QED) is 0.145. The molecule has 0 saturated heterocycles. The number of nitrogens with zero attached hydrogens (tertiary/aromatic N) is 2. The van der Waals surface area contributed by atoms with Gasteiger partial charge in [-0.1, -0.05) is 171 Å². The van der Waals surface area contributed by atoms with Crippen molar-refractivity contribution in [1.82, 2.24) is 0 Å². The highest BCUT2D eigenvalue weighted by Gasteiger charge is 2.23. The number of rotatable bonds is 9. The van der Waals surface area contributed by atoms with Crippen molar-refractivity contribution in [2.24, 2.45) is 0 Å². The molecule has 0 aromatic heterocycles. The smallest absolute Gasteiger partial charge is 0.0546 e. The van der Waals surface area contributed by atoms with Crippen LogP contribution in [0.1, 0.15) is 43.6 Å². The Kier molecular flexibility index (Phi) is 9.75. The third-order valence-corrected chi connectivity index (χ3v) is 12.0. The molecule has 0 atom stereocenters. The molecule has 0 unspecified atom stereocenters. The van der Waals surface area contributed by atoms with Crippen molar-refractivity contribution in [2.45, 2.75) is 38.0 Å². The minimum atomic E-state index is 0.653. The Bertz CT molecular complexity index is 2800. The number of hydrogen-bond acceptors (Lipinski definition) is 2. The first-order valence-electron chi connectivity index (χ1n) is 20.8. The molecular formula is C56H46N2. The molecule has 58 heavy (non-hydrogen) atoms. The lowest BCUT2D eigenvalue weighted by Crippen LogP contribution is -2.14. The van der Waals surface area contributed by atoms with Gasteiger partial charge in [-0.15, -0.1) is 0 Å². The molecular weight excluding hydrogens is 701 g/mol. The minimum Gasteiger partial charge on any atom is -0.310 e. The van der Waals surface area contributed by atoms with Crippen LogP contribution in [0, 0.1) is 0 Å². The highest BCUT2D eigenvalue weighted by Crippen LogP contribution is 2.47. The molecule has 1 fully saturated rings. The number of benzene rings is 9. The van der Waals surface area contributed by atoms with Gasteiger partial charge in [-0.05, 0) is 118 Å². The second-order valence-electron chi connectivity index (χ2n) is 15.6. The SMILES string of the molecule is c1ccc(-c2ccc(N(c3ccc(C4CCCCC4)cc3)c3cccc(N(c4cc5ccccc5cc4-c4ccccc4)c4cccc5ccccc45)c3)cc2)cc1. The van der Waals surface area contributed by atoms with Gasteiger partial charge in [0, 0.05) is 33.7 Å². The molecule has 10 rings (SSSR count). The summed E-state index contributed by atoms with van der Waals surface area (Å²) in [5, 5.41) is 4.84. The average Bonchev–Trinajstić information content (AvgIpc) is 3.30. The molecule has 2 heteroatoms. The number of hydrogen-bond donors (Lipinski definition) is 0. The summed E-state index contributed by atoms with van der Waals surface area (Å²) < 4.78 is 0. The number of anilines is 6. The monoisotopic (exact) mass is 746 g/mol. The molecule has 280 valence electrons. The lowest BCUT2D eigenvalue weighted by molar-refractivity contribution is 0.443. The van der Waals surface area contributed by atoms with Crippen LogP contribution in [0.15, 0.2) is 212 Å². The molecule has 1 saturated carbocycles. The summed E-state index contributed by atoms with van der Waals surface area (Å²) in [6.45, 7) is 0. The van der Waals surface area contributed by atoms with Crippen LogP contribution in [0.25, 0.3) is 43.8 Å². The first-order valence-corrected chi connectivity index (χ1v) is 20.8. The molecule has 9 aromatic carbocycles. The van der Waals surface area contributed by atoms with E-state index in [1.807, 2.05) is 0 Å². The summed E-state index contributed by atoms with van der Waals surface area (Å²) in [6, 6.07) is 77.9. The van der Waals surface area contributed by atoms with Crippen LogP contribution < -0.4 is 9.80 Å². The Balaban J connectivity index is 1.16. The molecule has 1 aliphatic rings. The van der Waals surface area contributed by atoms with Crippen LogP contribution in [-0.2, 0) is 0 Å². The summed E-state index contributed by atoms with van der Waals surface area (Å²) in [5.74, 6) is 0.653. The lowest BCUT2D eigenvalue weighted by atomic mass is 9.84. The molecule has 0 amide bonds. The summed E-state index contributed by atoms with van der Waals surface area (Å²) in [7, 11) is 0. The van der Waals surface area contributed by atoms with E-state index in [0.29, 0.717) is 5.92 Å². The fourth-order valence-corrected chi connectivity index (χ4v) is 9.06. The average molecular weight is 747 g/mol. The van der Waals surface area contributed by atoms with Crippen LogP contribution in [-0.4, -0.2) is 0 Å². The Morgan fingerprint density at radius 2 is 0.862 bits per heavy atom. The van der Waals surface area contributed by atoms with E-state index in [4.69, 9.17) is 0 Å². The van der Waals surface area contributed by atoms with Crippen molar-refractivity contribution in [1.29, 1.82) is 0 Å². The maximum atomic E-state index is 2.48. The maximum Gasteiger partial charge on any atom is 0.0546 e. The first kappa shape index (κ1) is 35.5. The Morgan fingerprint density at radius 1 is 0.328 bits per heavy atom. The van der Waals surface area contributed by atoms with Crippen LogP contribution in [0.3, 0.4) is 0 Å². The second kappa shape index (κ2) is 15.9. The van der Waals surface area contributed by atoms with E-state index in [0.717, 1.165) is 34.1 Å². The third-order valence-electron chi connectivity index (χ3n) is 12.0. The van der Waals surface area contributed by atoms with Crippen LogP contribution in [0.4, 0.5) is 34.1 Å². The predicted molar refractivity (Wildman–Crippen MR) is 248 cm³/mol. The van der Waals surface area contributed by atoms with Crippen molar-refractivity contribution in [3.8, 4) is 22.3 Å². The lowest BCUT2D eigenvalue weighted by Gasteiger charge is -2.32. The Hall–Kier alpha value is -6.90. The van der Waals surface area contributed by atoms with Gasteiger partial charge in [-0.2, -0.15) is 0 Å². The zero-order valence-electron chi connectivity index (χ0n) is 32.7. The molecule has 0 bridgehead atoms. The Labute approximate surface area is 342 Å².